The molecule has 2 aromatic rings. The van der Waals surface area contributed by atoms with Crippen molar-refractivity contribution in [1.82, 2.24) is 4.90 Å². The summed E-state index contributed by atoms with van der Waals surface area (Å²) in [7, 11) is 7.38. The van der Waals surface area contributed by atoms with Crippen molar-refractivity contribution < 1.29 is 34.0 Å². The van der Waals surface area contributed by atoms with Crippen LogP contribution in [0.3, 0.4) is 0 Å². The van der Waals surface area contributed by atoms with Gasteiger partial charge in [0.2, 0.25) is 0 Å². The first kappa shape index (κ1) is 36.3. The SMILES string of the molecule is CCCCC#Cc1ccc(OC)cc1CCC(CCCCC)N(C)CCc1ccc(OC)c(OC)c1.O=C(O)C(=O)O. The van der Waals surface area contributed by atoms with Gasteiger partial charge in [-0.2, -0.15) is 0 Å². The van der Waals surface area contributed by atoms with E-state index < -0.39 is 11.9 Å². The van der Waals surface area contributed by atoms with Gasteiger partial charge in [-0.3, -0.25) is 0 Å². The van der Waals surface area contributed by atoms with Crippen molar-refractivity contribution in [2.24, 2.45) is 0 Å². The Labute approximate surface area is 252 Å². The van der Waals surface area contributed by atoms with Crippen LogP contribution in [0.25, 0.3) is 0 Å². The Morgan fingerprint density at radius 1 is 0.833 bits per heavy atom. The second-order valence-corrected chi connectivity index (χ2v) is 10.1. The minimum atomic E-state index is -1.82. The molecule has 0 spiro atoms. The maximum absolute atomic E-state index is 9.10. The molecule has 2 rings (SSSR count). The molecule has 2 aromatic carbocycles. The molecule has 0 aromatic heterocycles. The van der Waals surface area contributed by atoms with Crippen LogP contribution in [-0.2, 0) is 22.4 Å². The summed E-state index contributed by atoms with van der Waals surface area (Å²) in [6.45, 7) is 5.49. The summed E-state index contributed by atoms with van der Waals surface area (Å²) in [6.07, 6.45) is 11.4. The molecule has 2 N–H and O–H groups in total. The number of aliphatic carboxylic acids is 2. The van der Waals surface area contributed by atoms with Gasteiger partial charge in [0.05, 0.1) is 21.3 Å². The number of hydrogen-bond donors (Lipinski definition) is 2. The summed E-state index contributed by atoms with van der Waals surface area (Å²) in [5, 5.41) is 14.8. The number of rotatable bonds is 16. The van der Waals surface area contributed by atoms with Crippen molar-refractivity contribution in [3.8, 4) is 29.1 Å². The number of ether oxygens (including phenoxy) is 3. The lowest BCUT2D eigenvalue weighted by Gasteiger charge is -2.29. The van der Waals surface area contributed by atoms with Gasteiger partial charge in [-0.15, -0.1) is 0 Å². The largest absolute Gasteiger partial charge is 0.497 e. The summed E-state index contributed by atoms with van der Waals surface area (Å²) < 4.78 is 16.4. The topological polar surface area (TPSA) is 106 Å². The second-order valence-electron chi connectivity index (χ2n) is 10.1. The van der Waals surface area contributed by atoms with Crippen LogP contribution in [0.2, 0.25) is 0 Å². The van der Waals surface area contributed by atoms with E-state index >= 15 is 0 Å². The molecule has 0 heterocycles. The number of methoxy groups -OCH3 is 3. The standard InChI is InChI=1S/C32H47NO3.C2H2O4/c1-7-9-11-13-14-27-18-20-30(34-4)25-28(27)17-19-29(15-12-10-8-2)33(3)23-22-26-16-21-31(35-5)32(24-26)36-6;3-1(4)2(5)6/h16,18,20-21,24-25,29H,7-12,15,17,19,22-23H2,1-6H3;(H,3,4)(H,5,6). The molecule has 1 unspecified atom stereocenters. The summed E-state index contributed by atoms with van der Waals surface area (Å²) in [5.41, 5.74) is 3.71. The van der Waals surface area contributed by atoms with E-state index in [1.54, 1.807) is 21.3 Å². The molecule has 8 nitrogen and oxygen atoms in total. The van der Waals surface area contributed by atoms with Crippen LogP contribution in [0.5, 0.6) is 17.2 Å². The summed E-state index contributed by atoms with van der Waals surface area (Å²) in [5.74, 6) is 5.63. The van der Waals surface area contributed by atoms with E-state index in [0.717, 1.165) is 61.5 Å². The van der Waals surface area contributed by atoms with Gasteiger partial charge in [0.1, 0.15) is 5.75 Å². The van der Waals surface area contributed by atoms with Gasteiger partial charge in [-0.05, 0) is 80.6 Å². The van der Waals surface area contributed by atoms with Crippen molar-refractivity contribution in [2.45, 2.75) is 84.1 Å². The molecule has 1 atom stereocenters. The first-order chi connectivity index (χ1) is 20.2. The van der Waals surface area contributed by atoms with Gasteiger partial charge in [0.25, 0.3) is 0 Å². The molecular weight excluding hydrogens is 534 g/mol. The average Bonchev–Trinajstić information content (AvgIpc) is 3.00. The van der Waals surface area contributed by atoms with Crippen molar-refractivity contribution in [2.75, 3.05) is 34.9 Å². The van der Waals surface area contributed by atoms with E-state index in [4.69, 9.17) is 34.0 Å². The Balaban J connectivity index is 0.00000132. The Hall–Kier alpha value is -3.70. The van der Waals surface area contributed by atoms with Gasteiger partial charge in [0, 0.05) is 24.6 Å². The fraction of sp³-hybridized carbons (Fsp3) is 0.529. The maximum atomic E-state index is 9.10. The lowest BCUT2D eigenvalue weighted by atomic mass is 9.96. The lowest BCUT2D eigenvalue weighted by molar-refractivity contribution is -0.159. The van der Waals surface area contributed by atoms with Crippen LogP contribution in [0.4, 0.5) is 0 Å². The quantitative estimate of drug-likeness (QED) is 0.132. The minimum Gasteiger partial charge on any atom is -0.497 e. The number of aryl methyl sites for hydroxylation is 1. The molecule has 0 amide bonds. The van der Waals surface area contributed by atoms with E-state index in [0.29, 0.717) is 6.04 Å². The predicted octanol–water partition coefficient (Wildman–Crippen LogP) is 6.47. The van der Waals surface area contributed by atoms with Crippen LogP contribution in [0.1, 0.15) is 81.9 Å². The molecule has 0 saturated carbocycles. The third-order valence-corrected chi connectivity index (χ3v) is 7.09. The highest BCUT2D eigenvalue weighted by molar-refractivity contribution is 6.27. The average molecular weight is 584 g/mol. The van der Waals surface area contributed by atoms with Crippen LogP contribution in [0.15, 0.2) is 36.4 Å². The van der Waals surface area contributed by atoms with Crippen molar-refractivity contribution in [3.05, 3.63) is 53.1 Å². The van der Waals surface area contributed by atoms with E-state index in [2.05, 4.69) is 61.9 Å². The molecule has 0 saturated heterocycles. The first-order valence-electron chi connectivity index (χ1n) is 14.7. The molecule has 0 radical (unpaired) electrons. The van der Waals surface area contributed by atoms with Crippen LogP contribution in [-0.4, -0.2) is 68.0 Å². The van der Waals surface area contributed by atoms with Gasteiger partial charge < -0.3 is 29.3 Å². The number of benzene rings is 2. The van der Waals surface area contributed by atoms with Gasteiger partial charge in [-0.25, -0.2) is 9.59 Å². The predicted molar refractivity (Wildman–Crippen MR) is 167 cm³/mol. The highest BCUT2D eigenvalue weighted by atomic mass is 16.5. The zero-order valence-corrected chi connectivity index (χ0v) is 26.2. The molecular formula is C34H49NO7. The fourth-order valence-corrected chi connectivity index (χ4v) is 4.51. The number of likely N-dealkylation sites (N-methyl/N-ethyl adjacent to an activating group) is 1. The zero-order valence-electron chi connectivity index (χ0n) is 26.2. The number of carboxylic acid groups (broad SMARTS) is 2. The molecule has 42 heavy (non-hydrogen) atoms. The summed E-state index contributed by atoms with van der Waals surface area (Å²) >= 11 is 0. The van der Waals surface area contributed by atoms with Gasteiger partial charge >= 0.3 is 11.9 Å². The number of carbonyl (C=O) groups is 2. The normalized spacial score (nSPS) is 11.0. The first-order valence-corrected chi connectivity index (χ1v) is 14.7. The van der Waals surface area contributed by atoms with E-state index in [1.165, 1.54) is 43.2 Å². The highest BCUT2D eigenvalue weighted by Gasteiger charge is 2.16. The fourth-order valence-electron chi connectivity index (χ4n) is 4.51. The van der Waals surface area contributed by atoms with Gasteiger partial charge in [-0.1, -0.05) is 57.4 Å². The van der Waals surface area contributed by atoms with Gasteiger partial charge in [0.15, 0.2) is 11.5 Å². The molecule has 0 aliphatic heterocycles. The molecule has 0 fully saturated rings. The van der Waals surface area contributed by atoms with Crippen LogP contribution >= 0.6 is 0 Å². The van der Waals surface area contributed by atoms with E-state index in [9.17, 15) is 0 Å². The zero-order chi connectivity index (χ0) is 31.3. The van der Waals surface area contributed by atoms with Crippen LogP contribution in [0, 0.1) is 11.8 Å². The van der Waals surface area contributed by atoms with Crippen molar-refractivity contribution in [3.63, 3.8) is 0 Å². The van der Waals surface area contributed by atoms with E-state index in [1.807, 2.05) is 12.1 Å². The lowest BCUT2D eigenvalue weighted by Crippen LogP contribution is -2.34. The third-order valence-electron chi connectivity index (χ3n) is 7.09. The number of nitrogens with zero attached hydrogens (tertiary/aromatic N) is 1. The molecule has 0 aliphatic rings. The number of unbranched alkanes of at least 4 members (excludes halogenated alkanes) is 4. The highest BCUT2D eigenvalue weighted by Crippen LogP contribution is 2.28. The number of carboxylic acids is 2. The Morgan fingerprint density at radius 3 is 2.12 bits per heavy atom. The second kappa shape index (κ2) is 21.1. The third kappa shape index (κ3) is 13.8. The Bertz CT molecular complexity index is 1140. The molecule has 232 valence electrons. The van der Waals surface area contributed by atoms with Crippen molar-refractivity contribution >= 4 is 11.9 Å². The Kier molecular flexibility index (Phi) is 18.2. The smallest absolute Gasteiger partial charge is 0.414 e. The maximum Gasteiger partial charge on any atom is 0.414 e. The monoisotopic (exact) mass is 583 g/mol. The summed E-state index contributed by atoms with van der Waals surface area (Å²) in [6, 6.07) is 13.1. The molecule has 0 aliphatic carbocycles. The Morgan fingerprint density at radius 2 is 1.52 bits per heavy atom. The summed E-state index contributed by atoms with van der Waals surface area (Å²) in [4.78, 5) is 20.7. The van der Waals surface area contributed by atoms with E-state index in [-0.39, 0.29) is 0 Å². The van der Waals surface area contributed by atoms with Crippen LogP contribution < -0.4 is 14.2 Å². The molecule has 0 bridgehead atoms. The number of hydrogen-bond acceptors (Lipinski definition) is 6. The molecule has 8 heteroatoms. The van der Waals surface area contributed by atoms with Crippen molar-refractivity contribution in [1.29, 1.82) is 0 Å². The minimum absolute atomic E-state index is 0.531.